The molecule has 1 aromatic heterocycles. The Hall–Kier alpha value is -1.60. The molecule has 2 aromatic carbocycles. The Morgan fingerprint density at radius 2 is 1.85 bits per heavy atom. The van der Waals surface area contributed by atoms with Gasteiger partial charge in [-0.1, -0.05) is 70.9 Å². The van der Waals surface area contributed by atoms with Gasteiger partial charge in [0.25, 0.3) is 0 Å². The van der Waals surface area contributed by atoms with Gasteiger partial charge in [-0.3, -0.25) is 10.1 Å². The van der Waals surface area contributed by atoms with E-state index in [1.54, 1.807) is 6.07 Å². The number of anilines is 1. The second-order valence-electron chi connectivity index (χ2n) is 5.45. The summed E-state index contributed by atoms with van der Waals surface area (Å²) in [5, 5.41) is 13.4. The van der Waals surface area contributed by atoms with Crippen LogP contribution in [0.3, 0.4) is 0 Å². The van der Waals surface area contributed by atoms with Crippen LogP contribution in [-0.4, -0.2) is 21.9 Å². The van der Waals surface area contributed by atoms with Crippen molar-refractivity contribution in [1.29, 1.82) is 0 Å². The van der Waals surface area contributed by atoms with Crippen LogP contribution in [0.5, 0.6) is 0 Å². The molecule has 0 fully saturated rings. The second kappa shape index (κ2) is 9.37. The molecule has 8 heteroatoms. The quantitative estimate of drug-likeness (QED) is 0.559. The van der Waals surface area contributed by atoms with E-state index in [9.17, 15) is 4.79 Å². The van der Waals surface area contributed by atoms with Crippen LogP contribution in [0.15, 0.2) is 48.5 Å². The van der Waals surface area contributed by atoms with Gasteiger partial charge in [0.1, 0.15) is 5.01 Å². The van der Waals surface area contributed by atoms with Crippen molar-refractivity contribution < 1.29 is 4.79 Å². The number of halogens is 2. The molecule has 0 atom stereocenters. The smallest absolute Gasteiger partial charge is 0.236 e. The number of carbonyl (C=O) groups excluding carboxylic acids is 1. The van der Waals surface area contributed by atoms with Crippen molar-refractivity contribution in [3.63, 3.8) is 0 Å². The third-order valence-corrected chi connectivity index (χ3v) is 5.98. The molecule has 0 aliphatic heterocycles. The maximum atomic E-state index is 12.1. The number of amides is 1. The summed E-state index contributed by atoms with van der Waals surface area (Å²) in [6.45, 7) is 0. The van der Waals surface area contributed by atoms with E-state index < -0.39 is 0 Å². The minimum Gasteiger partial charge on any atom is -0.300 e. The van der Waals surface area contributed by atoms with Crippen LogP contribution in [0.4, 0.5) is 5.13 Å². The van der Waals surface area contributed by atoms with Gasteiger partial charge in [-0.2, -0.15) is 0 Å². The predicted molar refractivity (Wildman–Crippen MR) is 110 cm³/mol. The monoisotopic (exact) mass is 423 g/mol. The first-order chi connectivity index (χ1) is 12.6. The lowest BCUT2D eigenvalue weighted by atomic mass is 10.2. The molecule has 4 nitrogen and oxygen atoms in total. The summed E-state index contributed by atoms with van der Waals surface area (Å²) in [6, 6.07) is 15.5. The lowest BCUT2D eigenvalue weighted by Crippen LogP contribution is -2.13. The molecular formula is C18H15Cl2N3OS2. The zero-order valence-corrected chi connectivity index (χ0v) is 16.8. The van der Waals surface area contributed by atoms with Crippen LogP contribution in [0.25, 0.3) is 0 Å². The van der Waals surface area contributed by atoms with Gasteiger partial charge < -0.3 is 0 Å². The summed E-state index contributed by atoms with van der Waals surface area (Å²) in [5.74, 6) is 0.908. The maximum Gasteiger partial charge on any atom is 0.236 e. The third-order valence-electron chi connectivity index (χ3n) is 3.40. The van der Waals surface area contributed by atoms with Crippen LogP contribution in [0.1, 0.15) is 16.1 Å². The Balaban J connectivity index is 1.45. The Morgan fingerprint density at radius 1 is 1.04 bits per heavy atom. The molecule has 0 saturated heterocycles. The molecule has 3 rings (SSSR count). The van der Waals surface area contributed by atoms with Crippen LogP contribution in [-0.2, 0) is 17.0 Å². The number of nitrogens with one attached hydrogen (secondary N) is 1. The summed E-state index contributed by atoms with van der Waals surface area (Å²) >= 11 is 14.8. The largest absolute Gasteiger partial charge is 0.300 e. The van der Waals surface area contributed by atoms with Crippen LogP contribution < -0.4 is 5.32 Å². The van der Waals surface area contributed by atoms with Gasteiger partial charge >= 0.3 is 0 Å². The topological polar surface area (TPSA) is 54.9 Å². The summed E-state index contributed by atoms with van der Waals surface area (Å²) in [7, 11) is 0. The van der Waals surface area contributed by atoms with E-state index in [1.165, 1.54) is 28.7 Å². The molecule has 0 bridgehead atoms. The first-order valence-electron chi connectivity index (χ1n) is 7.78. The molecule has 0 aliphatic rings. The number of benzene rings is 2. The number of nitrogens with zero attached hydrogens (tertiary/aromatic N) is 2. The molecule has 0 spiro atoms. The average Bonchev–Trinajstić information content (AvgIpc) is 3.05. The summed E-state index contributed by atoms with van der Waals surface area (Å²) < 4.78 is 0. The molecule has 26 heavy (non-hydrogen) atoms. The van der Waals surface area contributed by atoms with E-state index in [1.807, 2.05) is 42.5 Å². The normalized spacial score (nSPS) is 10.7. The minimum atomic E-state index is -0.0996. The Morgan fingerprint density at radius 3 is 2.62 bits per heavy atom. The lowest BCUT2D eigenvalue weighted by Gasteiger charge is -2.03. The van der Waals surface area contributed by atoms with Crippen LogP contribution >= 0.6 is 46.3 Å². The van der Waals surface area contributed by atoms with Crippen molar-refractivity contribution in [2.75, 3.05) is 11.1 Å². The Kier molecular flexibility index (Phi) is 6.91. The van der Waals surface area contributed by atoms with E-state index in [4.69, 9.17) is 23.2 Å². The van der Waals surface area contributed by atoms with Gasteiger partial charge in [-0.25, -0.2) is 0 Å². The van der Waals surface area contributed by atoms with Crippen molar-refractivity contribution in [2.24, 2.45) is 0 Å². The molecule has 3 aromatic rings. The van der Waals surface area contributed by atoms with Gasteiger partial charge in [0.05, 0.1) is 15.8 Å². The van der Waals surface area contributed by atoms with Crippen molar-refractivity contribution in [2.45, 2.75) is 12.2 Å². The number of thioether (sulfide) groups is 1. The third kappa shape index (κ3) is 5.71. The van der Waals surface area contributed by atoms with Gasteiger partial charge in [-0.05, 0) is 23.3 Å². The van der Waals surface area contributed by atoms with Gasteiger partial charge in [0.15, 0.2) is 0 Å². The van der Waals surface area contributed by atoms with Crippen LogP contribution in [0, 0.1) is 0 Å². The Labute approximate surface area is 169 Å². The summed E-state index contributed by atoms with van der Waals surface area (Å²) in [4.78, 5) is 12.1. The highest BCUT2D eigenvalue weighted by Crippen LogP contribution is 2.25. The highest BCUT2D eigenvalue weighted by atomic mass is 35.5. The van der Waals surface area contributed by atoms with E-state index in [2.05, 4.69) is 15.5 Å². The van der Waals surface area contributed by atoms with Crippen molar-refractivity contribution in [3.8, 4) is 0 Å². The van der Waals surface area contributed by atoms with E-state index in [0.29, 0.717) is 33.1 Å². The second-order valence-corrected chi connectivity index (χ2v) is 8.31. The van der Waals surface area contributed by atoms with E-state index >= 15 is 0 Å². The molecule has 0 radical (unpaired) electrons. The Bertz CT molecular complexity index is 887. The lowest BCUT2D eigenvalue weighted by molar-refractivity contribution is -0.113. The van der Waals surface area contributed by atoms with Crippen molar-refractivity contribution in [1.82, 2.24) is 10.2 Å². The number of aromatic nitrogens is 2. The molecule has 0 saturated carbocycles. The summed E-state index contributed by atoms with van der Waals surface area (Å²) in [5.41, 5.74) is 2.19. The number of hydrogen-bond acceptors (Lipinski definition) is 5. The summed E-state index contributed by atoms with van der Waals surface area (Å²) in [6.07, 6.45) is 0.709. The molecule has 1 amide bonds. The molecule has 0 aliphatic carbocycles. The van der Waals surface area contributed by atoms with Crippen LogP contribution in [0.2, 0.25) is 10.0 Å². The van der Waals surface area contributed by atoms with E-state index in [-0.39, 0.29) is 5.91 Å². The van der Waals surface area contributed by atoms with E-state index in [0.717, 1.165) is 10.6 Å². The fraction of sp³-hybridized carbons (Fsp3) is 0.167. The first-order valence-corrected chi connectivity index (χ1v) is 10.5. The van der Waals surface area contributed by atoms with Crippen molar-refractivity contribution in [3.05, 3.63) is 74.7 Å². The average molecular weight is 424 g/mol. The zero-order valence-electron chi connectivity index (χ0n) is 13.6. The first kappa shape index (κ1) is 19.2. The fourth-order valence-corrected chi connectivity index (χ4v) is 4.08. The predicted octanol–water partition coefficient (Wildman–Crippen LogP) is 5.31. The molecular weight excluding hydrogens is 409 g/mol. The molecule has 1 heterocycles. The molecule has 1 N–H and O–H groups in total. The van der Waals surface area contributed by atoms with Crippen molar-refractivity contribution >= 4 is 57.3 Å². The maximum absolute atomic E-state index is 12.1. The standard InChI is InChI=1S/C18H15Cl2N3OS2/c19-14-7-6-13(8-15(14)20)10-25-11-16(24)21-18-23-22-17(26-18)9-12-4-2-1-3-5-12/h1-8H,9-11H2,(H,21,23,24). The number of rotatable bonds is 7. The fourth-order valence-electron chi connectivity index (χ4n) is 2.19. The van der Waals surface area contributed by atoms with Gasteiger partial charge in [0, 0.05) is 12.2 Å². The number of hydrogen-bond donors (Lipinski definition) is 1. The van der Waals surface area contributed by atoms with Gasteiger partial charge in [0.2, 0.25) is 11.0 Å². The SMILES string of the molecule is O=C(CSCc1ccc(Cl)c(Cl)c1)Nc1nnc(Cc2ccccc2)s1. The highest BCUT2D eigenvalue weighted by molar-refractivity contribution is 7.99. The van der Waals surface area contributed by atoms with Gasteiger partial charge in [-0.15, -0.1) is 22.0 Å². The number of carbonyl (C=O) groups is 1. The highest BCUT2D eigenvalue weighted by Gasteiger charge is 2.09. The molecule has 0 unspecified atom stereocenters. The molecule has 134 valence electrons. The minimum absolute atomic E-state index is 0.0996. The zero-order chi connectivity index (χ0) is 18.4.